The van der Waals surface area contributed by atoms with E-state index in [1.807, 2.05) is 0 Å². The molecule has 0 heterocycles. The van der Waals surface area contributed by atoms with Crippen molar-refractivity contribution in [3.8, 4) is 29.4 Å². The third kappa shape index (κ3) is 7.92. The molecular weight excluding hydrogens is 423 g/mol. The van der Waals surface area contributed by atoms with Crippen molar-refractivity contribution in [1.29, 1.82) is 0 Å². The number of halogens is 3. The lowest BCUT2D eigenvalue weighted by Gasteiger charge is -2.17. The number of rotatable bonds is 7. The van der Waals surface area contributed by atoms with Crippen LogP contribution >= 0.6 is 0 Å². The number of ketones is 2. The molecule has 0 radical (unpaired) electrons. The van der Waals surface area contributed by atoms with Gasteiger partial charge in [-0.1, -0.05) is 24.0 Å². The summed E-state index contributed by atoms with van der Waals surface area (Å²) in [7, 11) is 0. The molecule has 0 fully saturated rings. The molecule has 0 bridgehead atoms. The lowest BCUT2D eigenvalue weighted by Crippen LogP contribution is -2.36. The number of aliphatic hydroxyl groups is 1. The van der Waals surface area contributed by atoms with Crippen molar-refractivity contribution in [3.05, 3.63) is 65.2 Å². The number of ether oxygens (including phenoxy) is 1. The number of benzene rings is 2. The minimum absolute atomic E-state index is 0.0969. The molecule has 2 rings (SSSR count). The van der Waals surface area contributed by atoms with Crippen molar-refractivity contribution < 1.29 is 32.6 Å². The minimum atomic E-state index is -4.75. The van der Waals surface area contributed by atoms with Crippen LogP contribution in [0.15, 0.2) is 48.5 Å². The third-order valence-electron chi connectivity index (χ3n) is 4.38. The molecule has 8 heteroatoms. The van der Waals surface area contributed by atoms with Gasteiger partial charge in [-0.25, -0.2) is 0 Å². The van der Waals surface area contributed by atoms with Gasteiger partial charge in [0.05, 0.1) is 0 Å². The van der Waals surface area contributed by atoms with Crippen molar-refractivity contribution in [2.45, 2.75) is 25.7 Å². The van der Waals surface area contributed by atoms with Crippen molar-refractivity contribution in [1.82, 2.24) is 0 Å². The molecule has 0 aliphatic rings. The third-order valence-corrected chi connectivity index (χ3v) is 4.38. The topological polar surface area (TPSA) is 89.6 Å². The van der Waals surface area contributed by atoms with Crippen LogP contribution in [0, 0.1) is 29.6 Å². The fraction of sp³-hybridized carbons (Fsp3) is 0.250. The second kappa shape index (κ2) is 11.1. The van der Waals surface area contributed by atoms with E-state index in [2.05, 4.69) is 28.4 Å². The number of Topliss-reactive ketones (excluding diaryl/α,β-unsaturated/α-hetero) is 2. The highest BCUT2D eigenvalue weighted by Gasteiger charge is 2.31. The standard InChI is InChI=1S/C24H20F3NO4/c1-16(28)21(23(31)15-29)14-22(30)19-10-6-17(7-11-19)4-2-3-5-18-8-12-20(13-9-18)32-24(25,26)27/h6-13,16,21,29H,14-15,28H2,1H3/t16-,21+/m1/s1. The Morgan fingerprint density at radius 2 is 1.50 bits per heavy atom. The van der Waals surface area contributed by atoms with Crippen molar-refractivity contribution in [2.75, 3.05) is 6.61 Å². The van der Waals surface area contributed by atoms with E-state index in [0.717, 1.165) is 12.1 Å². The van der Waals surface area contributed by atoms with Crippen LogP contribution in [0.5, 0.6) is 5.75 Å². The first-order chi connectivity index (χ1) is 15.1. The molecule has 2 aromatic carbocycles. The van der Waals surface area contributed by atoms with Crippen LogP contribution in [0.4, 0.5) is 13.2 Å². The Morgan fingerprint density at radius 3 is 1.94 bits per heavy atom. The number of hydrogen-bond acceptors (Lipinski definition) is 5. The Morgan fingerprint density at radius 1 is 1.00 bits per heavy atom. The van der Waals surface area contributed by atoms with E-state index in [0.29, 0.717) is 16.7 Å². The first-order valence-electron chi connectivity index (χ1n) is 9.49. The molecule has 0 aliphatic carbocycles. The Balaban J connectivity index is 2.00. The molecule has 32 heavy (non-hydrogen) atoms. The molecule has 0 amide bonds. The highest BCUT2D eigenvalue weighted by Crippen LogP contribution is 2.22. The number of nitrogens with two attached hydrogens (primary N) is 1. The molecule has 0 spiro atoms. The zero-order chi connectivity index (χ0) is 23.7. The summed E-state index contributed by atoms with van der Waals surface area (Å²) in [6.07, 6.45) is -4.85. The monoisotopic (exact) mass is 443 g/mol. The van der Waals surface area contributed by atoms with Crippen LogP contribution in [-0.4, -0.2) is 35.7 Å². The highest BCUT2D eigenvalue weighted by molar-refractivity contribution is 5.99. The van der Waals surface area contributed by atoms with Gasteiger partial charge in [-0.2, -0.15) is 0 Å². The Hall–Kier alpha value is -3.59. The summed E-state index contributed by atoms with van der Waals surface area (Å²) in [6.45, 7) is 0.941. The Bertz CT molecular complexity index is 1070. The van der Waals surface area contributed by atoms with E-state index in [4.69, 9.17) is 10.8 Å². The highest BCUT2D eigenvalue weighted by atomic mass is 19.4. The first-order valence-corrected chi connectivity index (χ1v) is 9.49. The summed E-state index contributed by atoms with van der Waals surface area (Å²) < 4.78 is 40.2. The van der Waals surface area contributed by atoms with Crippen molar-refractivity contribution in [3.63, 3.8) is 0 Å². The van der Waals surface area contributed by atoms with E-state index in [1.165, 1.54) is 12.1 Å². The summed E-state index contributed by atoms with van der Waals surface area (Å²) in [4.78, 5) is 24.1. The van der Waals surface area contributed by atoms with E-state index >= 15 is 0 Å². The van der Waals surface area contributed by atoms with Gasteiger partial charge >= 0.3 is 6.36 Å². The van der Waals surface area contributed by atoms with Gasteiger partial charge in [0.25, 0.3) is 0 Å². The van der Waals surface area contributed by atoms with Gasteiger partial charge in [-0.3, -0.25) is 9.59 Å². The summed E-state index contributed by atoms with van der Waals surface area (Å²) in [5.41, 5.74) is 7.19. The maximum atomic E-state index is 12.4. The zero-order valence-electron chi connectivity index (χ0n) is 17.1. The zero-order valence-corrected chi connectivity index (χ0v) is 17.1. The van der Waals surface area contributed by atoms with Crippen LogP contribution in [0.25, 0.3) is 0 Å². The molecule has 5 nitrogen and oxygen atoms in total. The van der Waals surface area contributed by atoms with Crippen LogP contribution in [0.3, 0.4) is 0 Å². The molecule has 3 N–H and O–H groups in total. The van der Waals surface area contributed by atoms with Gasteiger partial charge in [0.15, 0.2) is 11.6 Å². The lowest BCUT2D eigenvalue weighted by molar-refractivity contribution is -0.274. The molecule has 0 unspecified atom stereocenters. The van der Waals surface area contributed by atoms with Gasteiger partial charge in [-0.05, 0) is 55.2 Å². The van der Waals surface area contributed by atoms with Crippen molar-refractivity contribution >= 4 is 11.6 Å². The smallest absolute Gasteiger partial charge is 0.406 e. The lowest BCUT2D eigenvalue weighted by atomic mass is 9.89. The van der Waals surface area contributed by atoms with Crippen molar-refractivity contribution in [2.24, 2.45) is 11.7 Å². The average Bonchev–Trinajstić information content (AvgIpc) is 2.74. The summed E-state index contributed by atoms with van der Waals surface area (Å²) in [5, 5.41) is 9.01. The summed E-state index contributed by atoms with van der Waals surface area (Å²) in [6, 6.07) is 10.9. The SMILES string of the molecule is C[C@@H](N)[C@H](CC(=O)c1ccc(C#CC#Cc2ccc(OC(F)(F)F)cc2)cc1)C(=O)CO. The van der Waals surface area contributed by atoms with Gasteiger partial charge in [-0.15, -0.1) is 13.2 Å². The number of aliphatic hydroxyl groups excluding tert-OH is 1. The molecular formula is C24H20F3NO4. The molecule has 2 atom stereocenters. The van der Waals surface area contributed by atoms with E-state index in [9.17, 15) is 22.8 Å². The van der Waals surface area contributed by atoms with E-state index < -0.39 is 30.7 Å². The largest absolute Gasteiger partial charge is 0.573 e. The summed E-state index contributed by atoms with van der Waals surface area (Å²) >= 11 is 0. The van der Waals surface area contributed by atoms with E-state index in [1.54, 1.807) is 31.2 Å². The minimum Gasteiger partial charge on any atom is -0.406 e. The quantitative estimate of drug-likeness (QED) is 0.507. The van der Waals surface area contributed by atoms with Gasteiger partial charge in [0.2, 0.25) is 0 Å². The maximum absolute atomic E-state index is 12.4. The predicted octanol–water partition coefficient (Wildman–Crippen LogP) is 3.09. The molecule has 166 valence electrons. The Labute approximate surface area is 183 Å². The Kier molecular flexibility index (Phi) is 8.60. The molecule has 0 saturated heterocycles. The maximum Gasteiger partial charge on any atom is 0.573 e. The fourth-order valence-electron chi connectivity index (χ4n) is 2.71. The number of carbonyl (C=O) groups is 2. The second-order valence-corrected chi connectivity index (χ2v) is 6.87. The van der Waals surface area contributed by atoms with Crippen LogP contribution in [0.1, 0.15) is 34.8 Å². The summed E-state index contributed by atoms with van der Waals surface area (Å²) in [5.74, 6) is 8.88. The first kappa shape index (κ1) is 24.7. The van der Waals surface area contributed by atoms with Crippen LogP contribution in [-0.2, 0) is 4.79 Å². The number of hydrogen-bond donors (Lipinski definition) is 2. The van der Waals surface area contributed by atoms with Gasteiger partial charge < -0.3 is 15.6 Å². The number of alkyl halides is 3. The second-order valence-electron chi connectivity index (χ2n) is 6.87. The molecule has 0 aromatic heterocycles. The molecule has 2 aromatic rings. The molecule has 0 saturated carbocycles. The average molecular weight is 443 g/mol. The fourth-order valence-corrected chi connectivity index (χ4v) is 2.71. The van der Waals surface area contributed by atoms with Gasteiger partial charge in [0.1, 0.15) is 12.4 Å². The predicted molar refractivity (Wildman–Crippen MR) is 112 cm³/mol. The van der Waals surface area contributed by atoms with Crippen LogP contribution in [0.2, 0.25) is 0 Å². The van der Waals surface area contributed by atoms with E-state index in [-0.39, 0.29) is 18.0 Å². The normalized spacial score (nSPS) is 12.4. The van der Waals surface area contributed by atoms with Crippen LogP contribution < -0.4 is 10.5 Å². The number of carbonyl (C=O) groups excluding carboxylic acids is 2. The van der Waals surface area contributed by atoms with Gasteiger partial charge in [0, 0.05) is 35.1 Å². The molecule has 0 aliphatic heterocycles.